The minimum Gasteiger partial charge on any atom is -0.351 e. The van der Waals surface area contributed by atoms with Crippen molar-refractivity contribution in [1.29, 1.82) is 0 Å². The minimum absolute atomic E-state index is 0.151. The van der Waals surface area contributed by atoms with E-state index >= 15 is 0 Å². The Bertz CT molecular complexity index is 965. The van der Waals surface area contributed by atoms with Gasteiger partial charge >= 0.3 is 0 Å². The van der Waals surface area contributed by atoms with Gasteiger partial charge in [-0.3, -0.25) is 14.5 Å². The predicted octanol–water partition coefficient (Wildman–Crippen LogP) is 4.75. The molecule has 2 heterocycles. The van der Waals surface area contributed by atoms with Crippen molar-refractivity contribution in [3.8, 4) is 0 Å². The van der Waals surface area contributed by atoms with E-state index in [1.54, 1.807) is 10.3 Å². The Labute approximate surface area is 184 Å². The molecule has 1 N–H and O–H groups in total. The molecule has 6 nitrogen and oxygen atoms in total. The average molecular weight is 441 g/mol. The smallest absolute Gasteiger partial charge is 0.280 e. The molecule has 1 saturated carbocycles. The molecule has 0 unspecified atom stereocenters. The van der Waals surface area contributed by atoms with Crippen LogP contribution < -0.4 is 10.2 Å². The standard InChI is InChI=1S/C22H24N4O2S2/c1-15-9-11-17(12-10-15)26(22(28)18-14-30-25-24-18)20(19-8-5-13-29-19)21(27)23-16-6-3-2-4-7-16/h5,8-14,16,20H,2-4,6-7H2,1H3,(H,23,27)/t20-/m0/s1. The van der Waals surface area contributed by atoms with E-state index in [2.05, 4.69) is 14.9 Å². The van der Waals surface area contributed by atoms with Crippen molar-refractivity contribution in [2.75, 3.05) is 4.90 Å². The van der Waals surface area contributed by atoms with Gasteiger partial charge in [0, 0.05) is 22.0 Å². The topological polar surface area (TPSA) is 75.2 Å². The zero-order valence-corrected chi connectivity index (χ0v) is 18.4. The van der Waals surface area contributed by atoms with Crippen LogP contribution in [0.2, 0.25) is 0 Å². The quantitative estimate of drug-likeness (QED) is 0.600. The maximum atomic E-state index is 13.5. The average Bonchev–Trinajstić information content (AvgIpc) is 3.47. The SMILES string of the molecule is Cc1ccc(N(C(=O)c2csnn2)[C@H](C(=O)NC2CCCCC2)c2cccs2)cc1. The number of anilines is 1. The monoisotopic (exact) mass is 440 g/mol. The molecule has 0 aliphatic heterocycles. The molecule has 0 saturated heterocycles. The van der Waals surface area contributed by atoms with E-state index in [1.807, 2.05) is 48.7 Å². The molecular formula is C22H24N4O2S2. The summed E-state index contributed by atoms with van der Waals surface area (Å²) >= 11 is 2.60. The summed E-state index contributed by atoms with van der Waals surface area (Å²) in [7, 11) is 0. The molecule has 0 radical (unpaired) electrons. The zero-order valence-electron chi connectivity index (χ0n) is 16.8. The fraction of sp³-hybridized carbons (Fsp3) is 0.364. The van der Waals surface area contributed by atoms with E-state index in [-0.39, 0.29) is 23.6 Å². The van der Waals surface area contributed by atoms with Crippen molar-refractivity contribution >= 4 is 40.4 Å². The molecule has 2 amide bonds. The van der Waals surface area contributed by atoms with Crippen molar-refractivity contribution in [3.05, 3.63) is 63.3 Å². The van der Waals surface area contributed by atoms with Crippen LogP contribution in [0.15, 0.2) is 47.2 Å². The highest BCUT2D eigenvalue weighted by Crippen LogP contribution is 2.33. The van der Waals surface area contributed by atoms with Gasteiger partial charge in [0.2, 0.25) is 5.91 Å². The Kier molecular flexibility index (Phi) is 6.54. The van der Waals surface area contributed by atoms with E-state index in [4.69, 9.17) is 0 Å². The number of nitrogens with zero attached hydrogens (tertiary/aromatic N) is 3. The fourth-order valence-corrected chi connectivity index (χ4v) is 5.06. The highest BCUT2D eigenvalue weighted by molar-refractivity contribution is 7.10. The lowest BCUT2D eigenvalue weighted by molar-refractivity contribution is -0.123. The Balaban J connectivity index is 1.73. The molecular weight excluding hydrogens is 416 g/mol. The summed E-state index contributed by atoms with van der Waals surface area (Å²) in [6, 6.07) is 10.8. The van der Waals surface area contributed by atoms with Gasteiger partial charge in [-0.2, -0.15) is 0 Å². The maximum absolute atomic E-state index is 13.5. The van der Waals surface area contributed by atoms with Gasteiger partial charge in [-0.05, 0) is 54.9 Å². The molecule has 0 spiro atoms. The summed E-state index contributed by atoms with van der Waals surface area (Å²) in [6.07, 6.45) is 5.43. The molecule has 1 atom stereocenters. The summed E-state index contributed by atoms with van der Waals surface area (Å²) in [5, 5.41) is 10.7. The van der Waals surface area contributed by atoms with Crippen LogP contribution in [0.1, 0.15) is 59.1 Å². The van der Waals surface area contributed by atoms with Gasteiger partial charge in [-0.15, -0.1) is 16.4 Å². The molecule has 156 valence electrons. The van der Waals surface area contributed by atoms with Crippen LogP contribution in [0, 0.1) is 6.92 Å². The molecule has 3 aromatic rings. The Hall–Kier alpha value is -2.58. The number of nitrogens with one attached hydrogen (secondary N) is 1. The number of thiophene rings is 1. The van der Waals surface area contributed by atoms with Crippen molar-refractivity contribution in [1.82, 2.24) is 14.9 Å². The van der Waals surface area contributed by atoms with Crippen molar-refractivity contribution in [2.45, 2.75) is 51.1 Å². The third-order valence-corrected chi connectivity index (χ3v) is 6.81. The molecule has 1 aliphatic carbocycles. The van der Waals surface area contributed by atoms with Gasteiger partial charge in [-0.1, -0.05) is 47.5 Å². The van der Waals surface area contributed by atoms with Gasteiger partial charge in [0.15, 0.2) is 11.7 Å². The lowest BCUT2D eigenvalue weighted by Crippen LogP contribution is -2.47. The van der Waals surface area contributed by atoms with Crippen LogP contribution in [0.4, 0.5) is 5.69 Å². The number of benzene rings is 1. The third-order valence-electron chi connectivity index (χ3n) is 5.38. The molecule has 30 heavy (non-hydrogen) atoms. The van der Waals surface area contributed by atoms with Gasteiger partial charge in [0.25, 0.3) is 5.91 Å². The third kappa shape index (κ3) is 4.60. The first kappa shape index (κ1) is 20.7. The van der Waals surface area contributed by atoms with Crippen molar-refractivity contribution in [3.63, 3.8) is 0 Å². The maximum Gasteiger partial charge on any atom is 0.280 e. The van der Waals surface area contributed by atoms with Crippen LogP contribution in [-0.4, -0.2) is 27.4 Å². The van der Waals surface area contributed by atoms with E-state index in [9.17, 15) is 9.59 Å². The molecule has 1 aromatic carbocycles. The first-order valence-electron chi connectivity index (χ1n) is 10.1. The lowest BCUT2D eigenvalue weighted by atomic mass is 9.95. The minimum atomic E-state index is -0.760. The van der Waals surface area contributed by atoms with Gasteiger partial charge in [-0.25, -0.2) is 0 Å². The van der Waals surface area contributed by atoms with E-state index in [0.29, 0.717) is 5.69 Å². The summed E-state index contributed by atoms with van der Waals surface area (Å²) in [5.41, 5.74) is 1.99. The largest absolute Gasteiger partial charge is 0.351 e. The first-order valence-corrected chi connectivity index (χ1v) is 11.9. The Morgan fingerprint density at radius 2 is 1.90 bits per heavy atom. The molecule has 1 fully saturated rings. The summed E-state index contributed by atoms with van der Waals surface area (Å²) in [6.45, 7) is 1.99. The number of rotatable bonds is 6. The highest BCUT2D eigenvalue weighted by atomic mass is 32.1. The normalized spacial score (nSPS) is 15.5. The zero-order chi connectivity index (χ0) is 20.9. The molecule has 2 aromatic heterocycles. The van der Waals surface area contributed by atoms with Crippen LogP contribution >= 0.6 is 22.9 Å². The lowest BCUT2D eigenvalue weighted by Gasteiger charge is -2.32. The van der Waals surface area contributed by atoms with Gasteiger partial charge in [0.1, 0.15) is 0 Å². The fourth-order valence-electron chi connectivity index (χ4n) is 3.82. The van der Waals surface area contributed by atoms with Crippen molar-refractivity contribution < 1.29 is 9.59 Å². The number of aryl methyl sites for hydroxylation is 1. The number of hydrogen-bond donors (Lipinski definition) is 1. The van der Waals surface area contributed by atoms with Crippen LogP contribution in [0.3, 0.4) is 0 Å². The summed E-state index contributed by atoms with van der Waals surface area (Å²) < 4.78 is 3.84. The van der Waals surface area contributed by atoms with Crippen molar-refractivity contribution in [2.24, 2.45) is 0 Å². The second-order valence-electron chi connectivity index (χ2n) is 7.56. The second kappa shape index (κ2) is 9.49. The Morgan fingerprint density at radius 1 is 1.13 bits per heavy atom. The predicted molar refractivity (Wildman–Crippen MR) is 120 cm³/mol. The number of hydrogen-bond acceptors (Lipinski definition) is 6. The van der Waals surface area contributed by atoms with Crippen LogP contribution in [-0.2, 0) is 4.79 Å². The number of carbonyl (C=O) groups excluding carboxylic acids is 2. The molecule has 0 bridgehead atoms. The van der Waals surface area contributed by atoms with Crippen LogP contribution in [0.5, 0.6) is 0 Å². The van der Waals surface area contributed by atoms with E-state index in [1.165, 1.54) is 17.8 Å². The van der Waals surface area contributed by atoms with Crippen LogP contribution in [0.25, 0.3) is 0 Å². The Morgan fingerprint density at radius 3 is 2.53 bits per heavy atom. The van der Waals surface area contributed by atoms with Gasteiger partial charge < -0.3 is 5.32 Å². The van der Waals surface area contributed by atoms with Gasteiger partial charge in [0.05, 0.1) is 0 Å². The molecule has 4 rings (SSSR count). The number of aromatic nitrogens is 2. The van der Waals surface area contributed by atoms with E-state index in [0.717, 1.165) is 47.7 Å². The number of carbonyl (C=O) groups is 2. The first-order chi connectivity index (χ1) is 14.6. The summed E-state index contributed by atoms with van der Waals surface area (Å²) in [5.74, 6) is -0.480. The second-order valence-corrected chi connectivity index (χ2v) is 9.15. The molecule has 8 heteroatoms. The highest BCUT2D eigenvalue weighted by Gasteiger charge is 2.36. The number of amides is 2. The van der Waals surface area contributed by atoms with E-state index < -0.39 is 6.04 Å². The summed E-state index contributed by atoms with van der Waals surface area (Å²) in [4.78, 5) is 29.4. The molecule has 1 aliphatic rings.